The Hall–Kier alpha value is -1.59. The van der Waals surface area contributed by atoms with E-state index in [0.717, 1.165) is 19.3 Å². The molecular formula is C15H22N2O3. The number of benzene rings is 1. The highest BCUT2D eigenvalue weighted by atomic mass is 16.6. The van der Waals surface area contributed by atoms with Crippen molar-refractivity contribution >= 4 is 6.09 Å². The molecule has 2 N–H and O–H groups in total. The molecule has 1 aliphatic rings. The zero-order valence-electron chi connectivity index (χ0n) is 11.7. The number of rotatable bonds is 5. The van der Waals surface area contributed by atoms with Gasteiger partial charge in [0.05, 0.1) is 6.10 Å². The van der Waals surface area contributed by atoms with Crippen LogP contribution in [0.15, 0.2) is 30.3 Å². The average Bonchev–Trinajstić information content (AvgIpc) is 2.49. The first-order valence-electron chi connectivity index (χ1n) is 7.13. The highest BCUT2D eigenvalue weighted by Gasteiger charge is 2.24. The third-order valence-electron chi connectivity index (χ3n) is 3.35. The highest BCUT2D eigenvalue weighted by molar-refractivity contribution is 5.70. The summed E-state index contributed by atoms with van der Waals surface area (Å²) in [6.07, 6.45) is 2.55. The van der Waals surface area contributed by atoms with Crippen LogP contribution in [0.4, 0.5) is 4.79 Å². The van der Waals surface area contributed by atoms with Gasteiger partial charge in [0.15, 0.2) is 0 Å². The lowest BCUT2D eigenvalue weighted by Gasteiger charge is -2.31. The van der Waals surface area contributed by atoms with Crippen molar-refractivity contribution in [2.75, 3.05) is 26.2 Å². The predicted octanol–water partition coefficient (Wildman–Crippen LogP) is 2.02. The van der Waals surface area contributed by atoms with Gasteiger partial charge in [0, 0.05) is 19.7 Å². The Balaban J connectivity index is 1.72. The number of piperidine rings is 1. The molecule has 0 saturated carbocycles. The molecule has 1 aliphatic heterocycles. The number of amides is 1. The van der Waals surface area contributed by atoms with Crippen LogP contribution in [-0.4, -0.2) is 43.3 Å². The van der Waals surface area contributed by atoms with Gasteiger partial charge in [0.1, 0.15) is 5.75 Å². The number of nitrogens with two attached hydrogens (primary N) is 1. The van der Waals surface area contributed by atoms with Crippen molar-refractivity contribution in [3.05, 3.63) is 30.3 Å². The maximum Gasteiger partial charge on any atom is 0.415 e. The Kier molecular flexibility index (Phi) is 5.83. The lowest BCUT2D eigenvalue weighted by molar-refractivity contribution is 0.0107. The van der Waals surface area contributed by atoms with Crippen molar-refractivity contribution in [3.63, 3.8) is 0 Å². The fraction of sp³-hybridized carbons (Fsp3) is 0.533. The first-order chi connectivity index (χ1) is 9.79. The lowest BCUT2D eigenvalue weighted by Crippen LogP contribution is -2.42. The van der Waals surface area contributed by atoms with E-state index in [-0.39, 0.29) is 12.2 Å². The van der Waals surface area contributed by atoms with E-state index >= 15 is 0 Å². The van der Waals surface area contributed by atoms with Gasteiger partial charge in [-0.15, -0.1) is 0 Å². The zero-order chi connectivity index (χ0) is 14.2. The number of hydrogen-bond acceptors (Lipinski definition) is 4. The van der Waals surface area contributed by atoms with Crippen LogP contribution < -0.4 is 10.5 Å². The van der Waals surface area contributed by atoms with Crippen molar-refractivity contribution in [2.45, 2.75) is 25.4 Å². The summed E-state index contributed by atoms with van der Waals surface area (Å²) < 4.78 is 11.0. The van der Waals surface area contributed by atoms with Gasteiger partial charge in [-0.2, -0.15) is 0 Å². The van der Waals surface area contributed by atoms with E-state index in [4.69, 9.17) is 15.2 Å². The summed E-state index contributed by atoms with van der Waals surface area (Å²) in [5.41, 5.74) is 5.43. The van der Waals surface area contributed by atoms with Gasteiger partial charge >= 0.3 is 6.09 Å². The highest BCUT2D eigenvalue weighted by Crippen LogP contribution is 2.16. The molecule has 110 valence electrons. The minimum absolute atomic E-state index is 0.238. The van der Waals surface area contributed by atoms with E-state index in [2.05, 4.69) is 0 Å². The predicted molar refractivity (Wildman–Crippen MR) is 76.7 cm³/mol. The molecule has 1 aromatic carbocycles. The molecule has 1 aromatic rings. The SMILES string of the molecule is NCCCOC1CCN(C(=O)Oc2ccccc2)CC1. The summed E-state index contributed by atoms with van der Waals surface area (Å²) in [7, 11) is 0. The first kappa shape index (κ1) is 14.8. The summed E-state index contributed by atoms with van der Waals surface area (Å²) in [5.74, 6) is 0.582. The first-order valence-corrected chi connectivity index (χ1v) is 7.13. The third-order valence-corrected chi connectivity index (χ3v) is 3.35. The van der Waals surface area contributed by atoms with Gasteiger partial charge in [0.2, 0.25) is 0 Å². The van der Waals surface area contributed by atoms with E-state index in [1.54, 1.807) is 17.0 Å². The largest absolute Gasteiger partial charge is 0.415 e. The number of carbonyl (C=O) groups excluding carboxylic acids is 1. The molecule has 0 unspecified atom stereocenters. The summed E-state index contributed by atoms with van der Waals surface area (Å²) in [5, 5.41) is 0. The Bertz CT molecular complexity index is 403. The van der Waals surface area contributed by atoms with Crippen molar-refractivity contribution in [1.29, 1.82) is 0 Å². The number of ether oxygens (including phenoxy) is 2. The maximum absolute atomic E-state index is 12.0. The molecule has 0 aromatic heterocycles. The van der Waals surface area contributed by atoms with Crippen LogP contribution in [0.1, 0.15) is 19.3 Å². The zero-order valence-corrected chi connectivity index (χ0v) is 11.7. The average molecular weight is 278 g/mol. The van der Waals surface area contributed by atoms with Crippen molar-refractivity contribution in [3.8, 4) is 5.75 Å². The molecule has 20 heavy (non-hydrogen) atoms. The number of para-hydroxylation sites is 1. The molecule has 0 radical (unpaired) electrons. The van der Waals surface area contributed by atoms with Crippen LogP contribution in [0.25, 0.3) is 0 Å². The minimum atomic E-state index is -0.281. The second-order valence-electron chi connectivity index (χ2n) is 4.88. The summed E-state index contributed by atoms with van der Waals surface area (Å²) in [4.78, 5) is 13.7. The summed E-state index contributed by atoms with van der Waals surface area (Å²) in [6, 6.07) is 9.14. The molecule has 1 heterocycles. The quantitative estimate of drug-likeness (QED) is 0.837. The fourth-order valence-corrected chi connectivity index (χ4v) is 2.19. The van der Waals surface area contributed by atoms with Gasteiger partial charge in [-0.25, -0.2) is 4.79 Å². The van der Waals surface area contributed by atoms with E-state index < -0.39 is 0 Å². The summed E-state index contributed by atoms with van der Waals surface area (Å²) >= 11 is 0. The van der Waals surface area contributed by atoms with Gasteiger partial charge in [0.25, 0.3) is 0 Å². The standard InChI is InChI=1S/C15H22N2O3/c16-9-4-12-19-13-7-10-17(11-8-13)15(18)20-14-5-2-1-3-6-14/h1-3,5-6,13H,4,7-12,16H2. The number of carbonyl (C=O) groups is 1. The monoisotopic (exact) mass is 278 g/mol. The van der Waals surface area contributed by atoms with Crippen molar-refractivity contribution in [1.82, 2.24) is 4.90 Å². The normalized spacial score (nSPS) is 16.1. The third kappa shape index (κ3) is 4.51. The topological polar surface area (TPSA) is 64.8 Å². The number of nitrogens with zero attached hydrogens (tertiary/aromatic N) is 1. The molecule has 5 heteroatoms. The summed E-state index contributed by atoms with van der Waals surface area (Å²) in [6.45, 7) is 2.72. The molecule has 0 aliphatic carbocycles. The second-order valence-corrected chi connectivity index (χ2v) is 4.88. The molecule has 0 bridgehead atoms. The van der Waals surface area contributed by atoms with Gasteiger partial charge in [-0.3, -0.25) is 0 Å². The molecular weight excluding hydrogens is 256 g/mol. The molecule has 0 spiro atoms. The Morgan fingerprint density at radius 3 is 2.60 bits per heavy atom. The van der Waals surface area contributed by atoms with E-state index in [1.165, 1.54) is 0 Å². The van der Waals surface area contributed by atoms with Crippen LogP contribution >= 0.6 is 0 Å². The molecule has 0 atom stereocenters. The molecule has 1 amide bonds. The van der Waals surface area contributed by atoms with Crippen LogP contribution in [0, 0.1) is 0 Å². The Morgan fingerprint density at radius 1 is 1.25 bits per heavy atom. The van der Waals surface area contributed by atoms with Crippen LogP contribution in [0.3, 0.4) is 0 Å². The fourth-order valence-electron chi connectivity index (χ4n) is 2.19. The van der Waals surface area contributed by atoms with Crippen molar-refractivity contribution < 1.29 is 14.3 Å². The Morgan fingerprint density at radius 2 is 1.95 bits per heavy atom. The maximum atomic E-state index is 12.0. The van der Waals surface area contributed by atoms with Crippen LogP contribution in [0.5, 0.6) is 5.75 Å². The molecule has 1 fully saturated rings. The van der Waals surface area contributed by atoms with Gasteiger partial charge < -0.3 is 20.1 Å². The minimum Gasteiger partial charge on any atom is -0.410 e. The van der Waals surface area contributed by atoms with Crippen molar-refractivity contribution in [2.24, 2.45) is 5.73 Å². The number of likely N-dealkylation sites (tertiary alicyclic amines) is 1. The second kappa shape index (κ2) is 7.87. The van der Waals surface area contributed by atoms with E-state index in [0.29, 0.717) is 32.0 Å². The van der Waals surface area contributed by atoms with Crippen LogP contribution in [-0.2, 0) is 4.74 Å². The van der Waals surface area contributed by atoms with E-state index in [9.17, 15) is 4.79 Å². The van der Waals surface area contributed by atoms with Crippen LogP contribution in [0.2, 0.25) is 0 Å². The Labute approximate surface area is 119 Å². The molecule has 2 rings (SSSR count). The smallest absolute Gasteiger partial charge is 0.410 e. The molecule has 5 nitrogen and oxygen atoms in total. The molecule has 1 saturated heterocycles. The van der Waals surface area contributed by atoms with Gasteiger partial charge in [-0.05, 0) is 37.9 Å². The van der Waals surface area contributed by atoms with E-state index in [1.807, 2.05) is 18.2 Å². The number of hydrogen-bond donors (Lipinski definition) is 1. The van der Waals surface area contributed by atoms with Gasteiger partial charge in [-0.1, -0.05) is 18.2 Å². The lowest BCUT2D eigenvalue weighted by atomic mass is 10.1.